The van der Waals surface area contributed by atoms with Crippen molar-refractivity contribution in [2.75, 3.05) is 29.7 Å². The maximum atomic E-state index is 5.88. The summed E-state index contributed by atoms with van der Waals surface area (Å²) < 4.78 is 1.94. The van der Waals surface area contributed by atoms with Crippen molar-refractivity contribution in [2.45, 2.75) is 0 Å². The van der Waals surface area contributed by atoms with Crippen molar-refractivity contribution in [1.29, 1.82) is 0 Å². The van der Waals surface area contributed by atoms with E-state index in [0.29, 0.717) is 24.8 Å². The molecule has 0 aliphatic rings. The summed E-state index contributed by atoms with van der Waals surface area (Å²) in [5.41, 5.74) is 2.53. The van der Waals surface area contributed by atoms with Gasteiger partial charge in [0, 0.05) is 30.5 Å². The molecule has 0 unspecified atom stereocenters. The predicted octanol–water partition coefficient (Wildman–Crippen LogP) is 3.10. The highest BCUT2D eigenvalue weighted by Crippen LogP contribution is 2.23. The van der Waals surface area contributed by atoms with Crippen molar-refractivity contribution in [3.8, 4) is 5.69 Å². The van der Waals surface area contributed by atoms with E-state index in [1.807, 2.05) is 39.8 Å². The fourth-order valence-electron chi connectivity index (χ4n) is 2.36. The number of benzene rings is 1. The van der Waals surface area contributed by atoms with Gasteiger partial charge < -0.3 is 4.90 Å². The van der Waals surface area contributed by atoms with Crippen molar-refractivity contribution in [3.05, 3.63) is 43.0 Å². The first-order valence-electron chi connectivity index (χ1n) is 6.95. The number of hydrogen-bond acceptors (Lipinski definition) is 4. The Morgan fingerprint density at radius 3 is 2.36 bits per heavy atom. The van der Waals surface area contributed by atoms with Crippen molar-refractivity contribution in [1.82, 2.24) is 19.5 Å². The lowest BCUT2D eigenvalue weighted by Crippen LogP contribution is -2.28. The third-order valence-electron chi connectivity index (χ3n) is 3.36. The molecule has 0 aliphatic carbocycles. The molecule has 0 saturated heterocycles. The van der Waals surface area contributed by atoms with Gasteiger partial charge in [0.25, 0.3) is 0 Å². The van der Waals surface area contributed by atoms with Gasteiger partial charge in [0.15, 0.2) is 17.0 Å². The minimum Gasteiger partial charge on any atom is -0.352 e. The molecule has 0 atom stereocenters. The Morgan fingerprint density at radius 1 is 0.955 bits per heavy atom. The molecular weight excluding hydrogens is 321 g/mol. The zero-order chi connectivity index (χ0) is 15.4. The lowest BCUT2D eigenvalue weighted by molar-refractivity contribution is 0.854. The number of alkyl halides is 2. The highest BCUT2D eigenvalue weighted by Gasteiger charge is 2.16. The van der Waals surface area contributed by atoms with Crippen LogP contribution in [-0.4, -0.2) is 44.4 Å². The SMILES string of the molecule is ClCCN(CCCl)c1ncnc2c1ncn2-c1ccccc1. The highest BCUT2D eigenvalue weighted by molar-refractivity contribution is 6.18. The molecule has 0 saturated carbocycles. The van der Waals surface area contributed by atoms with Gasteiger partial charge in [-0.3, -0.25) is 4.57 Å². The van der Waals surface area contributed by atoms with Crippen LogP contribution in [-0.2, 0) is 0 Å². The van der Waals surface area contributed by atoms with Crippen molar-refractivity contribution >= 4 is 40.2 Å². The number of nitrogens with zero attached hydrogens (tertiary/aromatic N) is 5. The van der Waals surface area contributed by atoms with E-state index in [9.17, 15) is 0 Å². The maximum absolute atomic E-state index is 5.88. The molecule has 0 bridgehead atoms. The minimum absolute atomic E-state index is 0.502. The van der Waals surface area contributed by atoms with Gasteiger partial charge in [0.1, 0.15) is 12.7 Å². The van der Waals surface area contributed by atoms with Crippen molar-refractivity contribution in [3.63, 3.8) is 0 Å². The number of hydrogen-bond donors (Lipinski definition) is 0. The van der Waals surface area contributed by atoms with E-state index in [4.69, 9.17) is 23.2 Å². The fourth-order valence-corrected chi connectivity index (χ4v) is 2.77. The van der Waals surface area contributed by atoms with Gasteiger partial charge >= 0.3 is 0 Å². The second-order valence-electron chi connectivity index (χ2n) is 4.68. The molecule has 22 heavy (non-hydrogen) atoms. The number of anilines is 1. The normalized spacial score (nSPS) is 11.0. The number of imidazole rings is 1. The molecule has 2 heterocycles. The average Bonchev–Trinajstić information content (AvgIpc) is 2.99. The highest BCUT2D eigenvalue weighted by atomic mass is 35.5. The summed E-state index contributed by atoms with van der Waals surface area (Å²) >= 11 is 11.8. The number of halogens is 2. The van der Waals surface area contributed by atoms with E-state index in [-0.39, 0.29) is 0 Å². The van der Waals surface area contributed by atoms with Gasteiger partial charge in [-0.15, -0.1) is 23.2 Å². The lowest BCUT2D eigenvalue weighted by Gasteiger charge is -2.21. The Balaban J connectivity index is 2.09. The first-order valence-corrected chi connectivity index (χ1v) is 8.02. The molecule has 7 heteroatoms. The first-order chi connectivity index (χ1) is 10.8. The lowest BCUT2D eigenvalue weighted by atomic mass is 10.3. The van der Waals surface area contributed by atoms with Crippen LogP contribution in [0.1, 0.15) is 0 Å². The summed E-state index contributed by atoms with van der Waals surface area (Å²) in [6, 6.07) is 9.97. The topological polar surface area (TPSA) is 46.8 Å². The number of aromatic nitrogens is 4. The van der Waals surface area contributed by atoms with Crippen molar-refractivity contribution in [2.24, 2.45) is 0 Å². The minimum atomic E-state index is 0.502. The molecule has 1 aromatic carbocycles. The second-order valence-corrected chi connectivity index (χ2v) is 5.44. The van der Waals surface area contributed by atoms with Crippen molar-refractivity contribution < 1.29 is 0 Å². The fraction of sp³-hybridized carbons (Fsp3) is 0.267. The van der Waals surface area contributed by atoms with Crippen LogP contribution in [0.25, 0.3) is 16.9 Å². The summed E-state index contributed by atoms with van der Waals surface area (Å²) in [5.74, 6) is 1.77. The van der Waals surface area contributed by atoms with Crippen LogP contribution in [0, 0.1) is 0 Å². The Morgan fingerprint density at radius 2 is 1.68 bits per heavy atom. The van der Waals surface area contributed by atoms with Gasteiger partial charge in [-0.05, 0) is 12.1 Å². The molecule has 0 N–H and O–H groups in total. The van der Waals surface area contributed by atoms with Gasteiger partial charge in [-0.1, -0.05) is 18.2 Å². The van der Waals surface area contributed by atoms with Gasteiger partial charge in [0.05, 0.1) is 0 Å². The molecule has 3 rings (SSSR count). The molecular formula is C15H15Cl2N5. The molecule has 0 radical (unpaired) electrons. The third-order valence-corrected chi connectivity index (χ3v) is 3.69. The summed E-state index contributed by atoms with van der Waals surface area (Å²) in [4.78, 5) is 15.3. The molecule has 2 aromatic heterocycles. The van der Waals surface area contributed by atoms with Crippen LogP contribution in [0.15, 0.2) is 43.0 Å². The number of fused-ring (bicyclic) bond motifs is 1. The second kappa shape index (κ2) is 6.94. The summed E-state index contributed by atoms with van der Waals surface area (Å²) in [6.07, 6.45) is 3.31. The first kappa shape index (κ1) is 15.1. The molecule has 0 aliphatic heterocycles. The van der Waals surface area contributed by atoms with Crippen LogP contribution in [0.5, 0.6) is 0 Å². The largest absolute Gasteiger partial charge is 0.352 e. The summed E-state index contributed by atoms with van der Waals surface area (Å²) in [7, 11) is 0. The molecule has 5 nitrogen and oxygen atoms in total. The molecule has 0 amide bonds. The monoisotopic (exact) mass is 335 g/mol. The van der Waals surface area contributed by atoms with Crippen LogP contribution in [0.4, 0.5) is 5.82 Å². The zero-order valence-electron chi connectivity index (χ0n) is 11.9. The zero-order valence-corrected chi connectivity index (χ0v) is 13.4. The average molecular weight is 336 g/mol. The molecule has 0 spiro atoms. The van der Waals surface area contributed by atoms with Gasteiger partial charge in [-0.25, -0.2) is 15.0 Å². The van der Waals surface area contributed by atoms with Gasteiger partial charge in [-0.2, -0.15) is 0 Å². The Kier molecular flexibility index (Phi) is 4.75. The Bertz CT molecular complexity index is 738. The smallest absolute Gasteiger partial charge is 0.170 e. The summed E-state index contributed by atoms with van der Waals surface area (Å²) in [6.45, 7) is 1.33. The third kappa shape index (κ3) is 2.87. The quantitative estimate of drug-likeness (QED) is 0.649. The van der Waals surface area contributed by atoms with E-state index in [0.717, 1.165) is 22.7 Å². The van der Waals surface area contributed by atoms with Crippen LogP contribution in [0.3, 0.4) is 0 Å². The van der Waals surface area contributed by atoms with Crippen LogP contribution < -0.4 is 4.90 Å². The van der Waals surface area contributed by atoms with E-state index >= 15 is 0 Å². The van der Waals surface area contributed by atoms with Gasteiger partial charge in [0.2, 0.25) is 0 Å². The van der Waals surface area contributed by atoms with Crippen LogP contribution in [0.2, 0.25) is 0 Å². The maximum Gasteiger partial charge on any atom is 0.170 e. The molecule has 114 valence electrons. The Hall–Kier alpha value is -1.85. The summed E-state index contributed by atoms with van der Waals surface area (Å²) in [5, 5.41) is 0. The van der Waals surface area contributed by atoms with Crippen LogP contribution >= 0.6 is 23.2 Å². The van der Waals surface area contributed by atoms with E-state index < -0.39 is 0 Å². The molecule has 3 aromatic rings. The number of para-hydroxylation sites is 1. The van der Waals surface area contributed by atoms with E-state index in [2.05, 4.69) is 15.0 Å². The van der Waals surface area contributed by atoms with E-state index in [1.54, 1.807) is 12.7 Å². The predicted molar refractivity (Wildman–Crippen MR) is 90.3 cm³/mol. The Labute approximate surface area is 138 Å². The standard InChI is InChI=1S/C15H15Cl2N5/c16-6-8-21(9-7-17)14-13-15(19-10-18-14)22(11-20-13)12-4-2-1-3-5-12/h1-5,10-11H,6-9H2. The van der Waals surface area contributed by atoms with E-state index in [1.165, 1.54) is 0 Å². The molecule has 0 fully saturated rings. The number of rotatable bonds is 6.